The van der Waals surface area contributed by atoms with Crippen molar-refractivity contribution in [2.24, 2.45) is 5.92 Å². The number of benzene rings is 2. The van der Waals surface area contributed by atoms with Gasteiger partial charge in [0.25, 0.3) is 0 Å². The summed E-state index contributed by atoms with van der Waals surface area (Å²) in [7, 11) is 4.51. The quantitative estimate of drug-likeness (QED) is 0.534. The maximum Gasteiger partial charge on any atom is 0.244 e. The lowest BCUT2D eigenvalue weighted by atomic mass is 10.1. The molecule has 0 saturated carbocycles. The minimum atomic E-state index is -0.346. The fourth-order valence-corrected chi connectivity index (χ4v) is 2.83. The Bertz CT molecular complexity index is 1010. The van der Waals surface area contributed by atoms with E-state index in [1.807, 2.05) is 32.0 Å². The normalized spacial score (nSPS) is 10.8. The molecule has 0 radical (unpaired) electrons. The van der Waals surface area contributed by atoms with Crippen molar-refractivity contribution < 1.29 is 23.7 Å². The van der Waals surface area contributed by atoms with Crippen molar-refractivity contribution in [2.45, 2.75) is 13.8 Å². The number of nitrogens with zero attached hydrogens (tertiary/aromatic N) is 2. The Kier molecular flexibility index (Phi) is 6.16. The average Bonchev–Trinajstić information content (AvgIpc) is 2.75. The average molecular weight is 396 g/mol. The van der Waals surface area contributed by atoms with Gasteiger partial charge >= 0.3 is 0 Å². The summed E-state index contributed by atoms with van der Waals surface area (Å²) in [6, 6.07) is 10.5. The molecule has 0 N–H and O–H groups in total. The van der Waals surface area contributed by atoms with Gasteiger partial charge < -0.3 is 18.9 Å². The second-order valence-corrected chi connectivity index (χ2v) is 6.81. The summed E-state index contributed by atoms with van der Waals surface area (Å²) >= 11 is 0. The summed E-state index contributed by atoms with van der Waals surface area (Å²) in [5, 5.41) is 0. The van der Waals surface area contributed by atoms with Crippen molar-refractivity contribution in [1.82, 2.24) is 9.97 Å². The smallest absolute Gasteiger partial charge is 0.244 e. The first-order valence-electron chi connectivity index (χ1n) is 9.22. The number of ketones is 1. The van der Waals surface area contributed by atoms with Gasteiger partial charge in [-0.25, -0.2) is 9.97 Å². The third kappa shape index (κ3) is 4.23. The number of aromatic nitrogens is 2. The lowest BCUT2D eigenvalue weighted by Gasteiger charge is -2.15. The van der Waals surface area contributed by atoms with Gasteiger partial charge in [-0.2, -0.15) is 0 Å². The maximum atomic E-state index is 13.4. The van der Waals surface area contributed by atoms with Gasteiger partial charge in [0.2, 0.25) is 17.4 Å². The molecular formula is C22H24N2O5. The van der Waals surface area contributed by atoms with E-state index in [9.17, 15) is 4.79 Å². The van der Waals surface area contributed by atoms with Crippen molar-refractivity contribution in [3.05, 3.63) is 47.7 Å². The standard InChI is InChI=1S/C22H24N2O5/c1-13(2)12-29-22-19(23-15-8-6-7-9-16(15)24-22)20(25)14-10-17(26-3)21(28-5)18(11-14)27-4/h6-11,13H,12H2,1-5H3. The van der Waals surface area contributed by atoms with Crippen molar-refractivity contribution in [2.75, 3.05) is 27.9 Å². The Morgan fingerprint density at radius 3 is 2.03 bits per heavy atom. The molecule has 0 atom stereocenters. The molecule has 3 aromatic rings. The van der Waals surface area contributed by atoms with Crippen LogP contribution in [0.1, 0.15) is 29.9 Å². The van der Waals surface area contributed by atoms with Crippen LogP contribution in [0.4, 0.5) is 0 Å². The Hall–Kier alpha value is -3.35. The summed E-state index contributed by atoms with van der Waals surface area (Å²) in [5.41, 5.74) is 1.74. The monoisotopic (exact) mass is 396 g/mol. The summed E-state index contributed by atoms with van der Waals surface area (Å²) in [4.78, 5) is 22.4. The van der Waals surface area contributed by atoms with E-state index in [2.05, 4.69) is 9.97 Å². The van der Waals surface area contributed by atoms with E-state index in [-0.39, 0.29) is 23.3 Å². The molecule has 29 heavy (non-hydrogen) atoms. The molecule has 7 nitrogen and oxygen atoms in total. The van der Waals surface area contributed by atoms with Crippen molar-refractivity contribution in [1.29, 1.82) is 0 Å². The first-order valence-corrected chi connectivity index (χ1v) is 9.22. The number of ether oxygens (including phenoxy) is 4. The van der Waals surface area contributed by atoms with Crippen LogP contribution in [-0.4, -0.2) is 43.7 Å². The second-order valence-electron chi connectivity index (χ2n) is 6.81. The lowest BCUT2D eigenvalue weighted by molar-refractivity contribution is 0.102. The van der Waals surface area contributed by atoms with Crippen molar-refractivity contribution >= 4 is 16.8 Å². The van der Waals surface area contributed by atoms with Gasteiger partial charge in [0, 0.05) is 5.56 Å². The fraction of sp³-hybridized carbons (Fsp3) is 0.318. The van der Waals surface area contributed by atoms with Crippen LogP contribution < -0.4 is 18.9 Å². The summed E-state index contributed by atoms with van der Waals surface area (Å²) in [5.74, 6) is 1.31. The highest BCUT2D eigenvalue weighted by Gasteiger charge is 2.23. The molecular weight excluding hydrogens is 372 g/mol. The van der Waals surface area contributed by atoms with Gasteiger partial charge in [-0.3, -0.25) is 4.79 Å². The van der Waals surface area contributed by atoms with E-state index < -0.39 is 0 Å². The van der Waals surface area contributed by atoms with Crippen LogP contribution in [-0.2, 0) is 0 Å². The first kappa shape index (κ1) is 20.4. The third-order valence-corrected chi connectivity index (χ3v) is 4.23. The number of hydrogen-bond acceptors (Lipinski definition) is 7. The Labute approximate surface area is 169 Å². The van der Waals surface area contributed by atoms with E-state index in [0.717, 1.165) is 0 Å². The number of carbonyl (C=O) groups is 1. The molecule has 152 valence electrons. The van der Waals surface area contributed by atoms with Gasteiger partial charge in [0.1, 0.15) is 0 Å². The summed E-state index contributed by atoms with van der Waals surface area (Å²) in [6.45, 7) is 4.47. The number of methoxy groups -OCH3 is 3. The minimum Gasteiger partial charge on any atom is -0.493 e. The molecule has 2 aromatic carbocycles. The second kappa shape index (κ2) is 8.77. The SMILES string of the molecule is COc1cc(C(=O)c2nc3ccccc3nc2OCC(C)C)cc(OC)c1OC. The zero-order chi connectivity index (χ0) is 21.0. The first-order chi connectivity index (χ1) is 14.0. The number of para-hydroxylation sites is 2. The third-order valence-electron chi connectivity index (χ3n) is 4.23. The van der Waals surface area contributed by atoms with Crippen LogP contribution in [0.15, 0.2) is 36.4 Å². The highest BCUT2D eigenvalue weighted by atomic mass is 16.5. The molecule has 0 aliphatic heterocycles. The molecule has 1 heterocycles. The van der Waals surface area contributed by atoms with E-state index in [1.165, 1.54) is 21.3 Å². The van der Waals surface area contributed by atoms with Gasteiger partial charge in [-0.05, 0) is 30.2 Å². The number of hydrogen-bond donors (Lipinski definition) is 0. The molecule has 0 spiro atoms. The van der Waals surface area contributed by atoms with Crippen molar-refractivity contribution in [3.63, 3.8) is 0 Å². The van der Waals surface area contributed by atoms with Crippen LogP contribution in [0.5, 0.6) is 23.1 Å². The van der Waals surface area contributed by atoms with Crippen LogP contribution >= 0.6 is 0 Å². The molecule has 0 fully saturated rings. The summed E-state index contributed by atoms with van der Waals surface area (Å²) in [6.07, 6.45) is 0. The molecule has 0 saturated heterocycles. The molecule has 0 bridgehead atoms. The molecule has 0 unspecified atom stereocenters. The molecule has 7 heteroatoms. The molecule has 0 amide bonds. The maximum absolute atomic E-state index is 13.4. The number of fused-ring (bicyclic) bond motifs is 1. The van der Waals surface area contributed by atoms with Gasteiger partial charge in [-0.1, -0.05) is 26.0 Å². The van der Waals surface area contributed by atoms with E-state index in [0.29, 0.717) is 40.5 Å². The molecule has 0 aliphatic carbocycles. The van der Waals surface area contributed by atoms with Gasteiger partial charge in [-0.15, -0.1) is 0 Å². The van der Waals surface area contributed by atoms with E-state index >= 15 is 0 Å². The zero-order valence-electron chi connectivity index (χ0n) is 17.2. The minimum absolute atomic E-state index is 0.138. The van der Waals surface area contributed by atoms with Crippen LogP contribution in [0, 0.1) is 5.92 Å². The predicted octanol–water partition coefficient (Wildman–Crippen LogP) is 3.92. The Morgan fingerprint density at radius 1 is 0.931 bits per heavy atom. The van der Waals surface area contributed by atoms with E-state index in [1.54, 1.807) is 18.2 Å². The zero-order valence-corrected chi connectivity index (χ0v) is 17.2. The highest BCUT2D eigenvalue weighted by Crippen LogP contribution is 2.39. The van der Waals surface area contributed by atoms with Crippen molar-refractivity contribution in [3.8, 4) is 23.1 Å². The number of carbonyl (C=O) groups excluding carboxylic acids is 1. The van der Waals surface area contributed by atoms with Gasteiger partial charge in [0.05, 0.1) is 39.0 Å². The Balaban J connectivity index is 2.13. The predicted molar refractivity (Wildman–Crippen MR) is 109 cm³/mol. The topological polar surface area (TPSA) is 79.8 Å². The highest BCUT2D eigenvalue weighted by molar-refractivity contribution is 6.10. The fourth-order valence-electron chi connectivity index (χ4n) is 2.83. The van der Waals surface area contributed by atoms with Gasteiger partial charge in [0.15, 0.2) is 17.2 Å². The summed E-state index contributed by atoms with van der Waals surface area (Å²) < 4.78 is 21.9. The molecule has 0 aliphatic rings. The molecule has 1 aromatic heterocycles. The lowest BCUT2D eigenvalue weighted by Crippen LogP contribution is -2.13. The van der Waals surface area contributed by atoms with Crippen LogP contribution in [0.3, 0.4) is 0 Å². The molecule has 3 rings (SSSR count). The number of rotatable bonds is 8. The van der Waals surface area contributed by atoms with Crippen LogP contribution in [0.2, 0.25) is 0 Å². The Morgan fingerprint density at radius 2 is 1.52 bits per heavy atom. The largest absolute Gasteiger partial charge is 0.493 e. The van der Waals surface area contributed by atoms with Crippen LogP contribution in [0.25, 0.3) is 11.0 Å². The van der Waals surface area contributed by atoms with E-state index in [4.69, 9.17) is 18.9 Å².